The van der Waals surface area contributed by atoms with Gasteiger partial charge in [-0.3, -0.25) is 9.20 Å². The first-order chi connectivity index (χ1) is 13.2. The quantitative estimate of drug-likeness (QED) is 0.673. The molecular formula is C20H23N3O3S. The molecule has 2 aromatic heterocycles. The predicted molar refractivity (Wildman–Crippen MR) is 106 cm³/mol. The first-order valence-corrected chi connectivity index (χ1v) is 10.0. The van der Waals surface area contributed by atoms with Crippen LogP contribution in [-0.2, 0) is 11.2 Å². The van der Waals surface area contributed by atoms with E-state index in [2.05, 4.69) is 0 Å². The van der Waals surface area contributed by atoms with E-state index in [0.29, 0.717) is 17.9 Å². The van der Waals surface area contributed by atoms with Gasteiger partial charge in [0, 0.05) is 35.9 Å². The summed E-state index contributed by atoms with van der Waals surface area (Å²) in [5.41, 5.74) is 2.80. The van der Waals surface area contributed by atoms with Gasteiger partial charge in [-0.25, -0.2) is 4.98 Å². The van der Waals surface area contributed by atoms with Crippen LogP contribution in [0.3, 0.4) is 0 Å². The minimum atomic E-state index is 0.204. The van der Waals surface area contributed by atoms with Crippen LogP contribution in [0.25, 0.3) is 16.2 Å². The normalized spacial score (nSPS) is 14.5. The first-order valence-electron chi connectivity index (χ1n) is 9.15. The molecule has 0 saturated carbocycles. The fourth-order valence-corrected chi connectivity index (χ4v) is 4.37. The molecule has 142 valence electrons. The molecule has 0 atom stereocenters. The summed E-state index contributed by atoms with van der Waals surface area (Å²) >= 11 is 1.56. The van der Waals surface area contributed by atoms with E-state index < -0.39 is 0 Å². The summed E-state index contributed by atoms with van der Waals surface area (Å²) in [5.74, 6) is 1.57. The zero-order chi connectivity index (χ0) is 18.8. The Balaban J connectivity index is 1.59. The molecule has 7 heteroatoms. The summed E-state index contributed by atoms with van der Waals surface area (Å²) in [6, 6.07) is 5.76. The summed E-state index contributed by atoms with van der Waals surface area (Å²) in [4.78, 5) is 20.2. The SMILES string of the molecule is COc1ccc(-c2cn3c(CC(=O)N4CCCCC4)csc3n2)cc1OC. The van der Waals surface area contributed by atoms with E-state index in [0.717, 1.165) is 47.8 Å². The highest BCUT2D eigenvalue weighted by atomic mass is 32.1. The highest BCUT2D eigenvalue weighted by molar-refractivity contribution is 7.15. The number of fused-ring (bicyclic) bond motifs is 1. The number of hydrogen-bond acceptors (Lipinski definition) is 5. The Kier molecular flexibility index (Phi) is 5.03. The Morgan fingerprint density at radius 3 is 2.67 bits per heavy atom. The van der Waals surface area contributed by atoms with Crippen LogP contribution < -0.4 is 9.47 Å². The van der Waals surface area contributed by atoms with Crippen LogP contribution in [-0.4, -0.2) is 47.5 Å². The molecule has 0 bridgehead atoms. The lowest BCUT2D eigenvalue weighted by molar-refractivity contribution is -0.131. The Morgan fingerprint density at radius 2 is 1.93 bits per heavy atom. The molecule has 1 amide bonds. The van der Waals surface area contributed by atoms with Crippen LogP contribution in [0.5, 0.6) is 11.5 Å². The summed E-state index contributed by atoms with van der Waals surface area (Å²) < 4.78 is 12.7. The van der Waals surface area contributed by atoms with Crippen LogP contribution in [0, 0.1) is 0 Å². The van der Waals surface area contributed by atoms with Crippen LogP contribution >= 0.6 is 11.3 Å². The molecule has 1 aromatic carbocycles. The van der Waals surface area contributed by atoms with Gasteiger partial charge in [0.25, 0.3) is 0 Å². The summed E-state index contributed by atoms with van der Waals surface area (Å²) in [5, 5.41) is 2.03. The minimum Gasteiger partial charge on any atom is -0.493 e. The molecule has 1 aliphatic heterocycles. The number of likely N-dealkylation sites (tertiary alicyclic amines) is 1. The molecule has 0 unspecified atom stereocenters. The predicted octanol–water partition coefficient (Wildman–Crippen LogP) is 3.64. The maximum absolute atomic E-state index is 12.6. The molecule has 1 saturated heterocycles. The maximum atomic E-state index is 12.6. The number of aromatic nitrogens is 2. The molecule has 3 aromatic rings. The van der Waals surface area contributed by atoms with Crippen molar-refractivity contribution in [1.29, 1.82) is 0 Å². The van der Waals surface area contributed by atoms with E-state index in [9.17, 15) is 4.79 Å². The molecule has 0 N–H and O–H groups in total. The largest absolute Gasteiger partial charge is 0.493 e. The highest BCUT2D eigenvalue weighted by Crippen LogP contribution is 2.32. The number of carbonyl (C=O) groups excluding carboxylic acids is 1. The molecular weight excluding hydrogens is 362 g/mol. The fraction of sp³-hybridized carbons (Fsp3) is 0.400. The molecule has 4 rings (SSSR count). The molecule has 3 heterocycles. The second-order valence-electron chi connectivity index (χ2n) is 6.69. The molecule has 1 aliphatic rings. The van der Waals surface area contributed by atoms with Gasteiger partial charge in [-0.15, -0.1) is 11.3 Å². The molecule has 0 radical (unpaired) electrons. The van der Waals surface area contributed by atoms with E-state index in [4.69, 9.17) is 14.5 Å². The van der Waals surface area contributed by atoms with Gasteiger partial charge in [0.2, 0.25) is 5.91 Å². The Bertz CT molecular complexity index is 957. The topological polar surface area (TPSA) is 56.1 Å². The standard InChI is InChI=1S/C20H23N3O3S/c1-25-17-7-6-14(10-18(17)26-2)16-12-23-15(13-27-20(23)21-16)11-19(24)22-8-4-3-5-9-22/h6-7,10,12-13H,3-5,8-9,11H2,1-2H3. The average molecular weight is 385 g/mol. The Labute approximate surface area is 162 Å². The average Bonchev–Trinajstić information content (AvgIpc) is 3.30. The van der Waals surface area contributed by atoms with Gasteiger partial charge in [0.05, 0.1) is 26.3 Å². The smallest absolute Gasteiger partial charge is 0.228 e. The molecule has 6 nitrogen and oxygen atoms in total. The van der Waals surface area contributed by atoms with Gasteiger partial charge in [-0.2, -0.15) is 0 Å². The van der Waals surface area contributed by atoms with Crippen molar-refractivity contribution in [2.75, 3.05) is 27.3 Å². The lowest BCUT2D eigenvalue weighted by atomic mass is 10.1. The van der Waals surface area contributed by atoms with Crippen molar-refractivity contribution in [1.82, 2.24) is 14.3 Å². The van der Waals surface area contributed by atoms with Gasteiger partial charge in [0.1, 0.15) is 0 Å². The van der Waals surface area contributed by atoms with E-state index in [1.54, 1.807) is 25.6 Å². The number of rotatable bonds is 5. The number of piperidine rings is 1. The maximum Gasteiger partial charge on any atom is 0.228 e. The highest BCUT2D eigenvalue weighted by Gasteiger charge is 2.19. The van der Waals surface area contributed by atoms with Crippen molar-refractivity contribution >= 4 is 22.2 Å². The number of benzene rings is 1. The first kappa shape index (κ1) is 17.9. The van der Waals surface area contributed by atoms with Crippen LogP contribution in [0.2, 0.25) is 0 Å². The van der Waals surface area contributed by atoms with Crippen LogP contribution in [0.15, 0.2) is 29.8 Å². The van der Waals surface area contributed by atoms with E-state index in [1.807, 2.05) is 39.1 Å². The number of methoxy groups -OCH3 is 2. The van der Waals surface area contributed by atoms with Crippen LogP contribution in [0.1, 0.15) is 25.0 Å². The van der Waals surface area contributed by atoms with Crippen molar-refractivity contribution in [3.63, 3.8) is 0 Å². The zero-order valence-electron chi connectivity index (χ0n) is 15.6. The monoisotopic (exact) mass is 385 g/mol. The second-order valence-corrected chi connectivity index (χ2v) is 7.53. The number of thiazole rings is 1. The van der Waals surface area contributed by atoms with Gasteiger partial charge in [0.15, 0.2) is 16.5 Å². The third-order valence-electron chi connectivity index (χ3n) is 5.00. The number of carbonyl (C=O) groups is 1. The van der Waals surface area contributed by atoms with Crippen molar-refractivity contribution < 1.29 is 14.3 Å². The Morgan fingerprint density at radius 1 is 1.15 bits per heavy atom. The number of hydrogen-bond donors (Lipinski definition) is 0. The second kappa shape index (κ2) is 7.60. The molecule has 0 aliphatic carbocycles. The van der Waals surface area contributed by atoms with E-state index in [-0.39, 0.29) is 5.91 Å². The molecule has 1 fully saturated rings. The molecule has 0 spiro atoms. The number of amides is 1. The van der Waals surface area contributed by atoms with Gasteiger partial charge < -0.3 is 14.4 Å². The van der Waals surface area contributed by atoms with Crippen LogP contribution in [0.4, 0.5) is 0 Å². The van der Waals surface area contributed by atoms with Gasteiger partial charge in [-0.05, 0) is 37.5 Å². The van der Waals surface area contributed by atoms with Crippen molar-refractivity contribution in [3.8, 4) is 22.8 Å². The van der Waals surface area contributed by atoms with Gasteiger partial charge in [-0.1, -0.05) is 0 Å². The number of ether oxygens (including phenoxy) is 2. The summed E-state index contributed by atoms with van der Waals surface area (Å²) in [6.45, 7) is 1.76. The van der Waals surface area contributed by atoms with E-state index >= 15 is 0 Å². The molecule has 27 heavy (non-hydrogen) atoms. The zero-order valence-corrected chi connectivity index (χ0v) is 16.4. The van der Waals surface area contributed by atoms with Crippen molar-refractivity contribution in [2.45, 2.75) is 25.7 Å². The third kappa shape index (κ3) is 3.51. The summed E-state index contributed by atoms with van der Waals surface area (Å²) in [7, 11) is 3.24. The van der Waals surface area contributed by atoms with Gasteiger partial charge >= 0.3 is 0 Å². The minimum absolute atomic E-state index is 0.204. The number of imidazole rings is 1. The Hall–Kier alpha value is -2.54. The fourth-order valence-electron chi connectivity index (χ4n) is 3.50. The van der Waals surface area contributed by atoms with Crippen molar-refractivity contribution in [2.24, 2.45) is 0 Å². The lowest BCUT2D eigenvalue weighted by Crippen LogP contribution is -2.36. The third-order valence-corrected chi connectivity index (χ3v) is 5.89. The lowest BCUT2D eigenvalue weighted by Gasteiger charge is -2.26. The number of nitrogens with zero attached hydrogens (tertiary/aromatic N) is 3. The van der Waals surface area contributed by atoms with E-state index in [1.165, 1.54) is 6.42 Å². The summed E-state index contributed by atoms with van der Waals surface area (Å²) in [6.07, 6.45) is 5.86. The van der Waals surface area contributed by atoms with Crippen molar-refractivity contribution in [3.05, 3.63) is 35.5 Å².